The molecule has 4 rings (SSSR count). The fourth-order valence-corrected chi connectivity index (χ4v) is 4.03. The summed E-state index contributed by atoms with van der Waals surface area (Å²) in [4.78, 5) is 13.9. The molecule has 1 saturated heterocycles. The van der Waals surface area contributed by atoms with Crippen LogP contribution in [0.15, 0.2) is 49.1 Å². The van der Waals surface area contributed by atoms with Crippen molar-refractivity contribution in [2.75, 3.05) is 31.1 Å². The van der Waals surface area contributed by atoms with E-state index >= 15 is 0 Å². The van der Waals surface area contributed by atoms with E-state index < -0.39 is 0 Å². The SMILES string of the molecule is CC(C)C(c1cn[nH]c1)N1CCN(c2nccnc2-c2ccc(F)cc2)CC1. The Morgan fingerprint density at radius 1 is 1.00 bits per heavy atom. The lowest BCUT2D eigenvalue weighted by molar-refractivity contribution is 0.146. The highest BCUT2D eigenvalue weighted by atomic mass is 19.1. The van der Waals surface area contributed by atoms with Gasteiger partial charge in [-0.05, 0) is 30.2 Å². The summed E-state index contributed by atoms with van der Waals surface area (Å²) in [5, 5.41) is 7.06. The summed E-state index contributed by atoms with van der Waals surface area (Å²) in [6.07, 6.45) is 7.32. The monoisotopic (exact) mass is 380 g/mol. The second kappa shape index (κ2) is 8.06. The fourth-order valence-electron chi connectivity index (χ4n) is 4.03. The molecule has 3 aromatic rings. The van der Waals surface area contributed by atoms with Crippen LogP contribution in [0.5, 0.6) is 0 Å². The number of piperazine rings is 1. The topological polar surface area (TPSA) is 60.9 Å². The van der Waals surface area contributed by atoms with E-state index in [1.54, 1.807) is 24.5 Å². The van der Waals surface area contributed by atoms with Crippen LogP contribution in [-0.4, -0.2) is 51.2 Å². The minimum atomic E-state index is -0.248. The first kappa shape index (κ1) is 18.6. The molecule has 1 N–H and O–H groups in total. The number of H-pyrrole nitrogens is 1. The zero-order valence-electron chi connectivity index (χ0n) is 16.2. The smallest absolute Gasteiger partial charge is 0.155 e. The van der Waals surface area contributed by atoms with Crippen LogP contribution in [0.25, 0.3) is 11.3 Å². The van der Waals surface area contributed by atoms with Crippen molar-refractivity contribution in [2.45, 2.75) is 19.9 Å². The van der Waals surface area contributed by atoms with Gasteiger partial charge in [0.05, 0.1) is 6.20 Å². The quantitative estimate of drug-likeness (QED) is 0.734. The van der Waals surface area contributed by atoms with E-state index in [9.17, 15) is 4.39 Å². The fraction of sp³-hybridized carbons (Fsp3) is 0.381. The third-order valence-corrected chi connectivity index (χ3v) is 5.30. The third-order valence-electron chi connectivity index (χ3n) is 5.30. The summed E-state index contributed by atoms with van der Waals surface area (Å²) >= 11 is 0. The number of nitrogens with one attached hydrogen (secondary N) is 1. The molecule has 0 bridgehead atoms. The predicted octanol–water partition coefficient (Wildman–Crippen LogP) is 3.53. The molecule has 7 heteroatoms. The lowest BCUT2D eigenvalue weighted by Gasteiger charge is -2.41. The first-order valence-corrected chi connectivity index (χ1v) is 9.68. The molecule has 1 aromatic carbocycles. The Labute approximate surface area is 164 Å². The van der Waals surface area contributed by atoms with Crippen molar-refractivity contribution in [1.82, 2.24) is 25.1 Å². The maximum atomic E-state index is 13.3. The van der Waals surface area contributed by atoms with Gasteiger partial charge in [0.2, 0.25) is 0 Å². The maximum absolute atomic E-state index is 13.3. The van der Waals surface area contributed by atoms with Gasteiger partial charge in [-0.1, -0.05) is 13.8 Å². The van der Waals surface area contributed by atoms with Crippen molar-refractivity contribution in [1.29, 1.82) is 0 Å². The van der Waals surface area contributed by atoms with Gasteiger partial charge in [0, 0.05) is 61.9 Å². The van der Waals surface area contributed by atoms with Crippen molar-refractivity contribution in [3.8, 4) is 11.3 Å². The highest BCUT2D eigenvalue weighted by molar-refractivity contribution is 5.72. The van der Waals surface area contributed by atoms with Crippen molar-refractivity contribution >= 4 is 5.82 Å². The van der Waals surface area contributed by atoms with Gasteiger partial charge in [0.15, 0.2) is 5.82 Å². The number of nitrogens with zero attached hydrogens (tertiary/aromatic N) is 5. The number of halogens is 1. The zero-order chi connectivity index (χ0) is 19.5. The highest BCUT2D eigenvalue weighted by Gasteiger charge is 2.29. The molecule has 0 saturated carbocycles. The van der Waals surface area contributed by atoms with E-state index in [0.717, 1.165) is 43.3 Å². The first-order chi connectivity index (χ1) is 13.6. The summed E-state index contributed by atoms with van der Waals surface area (Å²) in [6.45, 7) is 8.11. The highest BCUT2D eigenvalue weighted by Crippen LogP contribution is 2.31. The second-order valence-electron chi connectivity index (χ2n) is 7.48. The van der Waals surface area contributed by atoms with Gasteiger partial charge in [-0.15, -0.1) is 0 Å². The minimum absolute atomic E-state index is 0.248. The second-order valence-corrected chi connectivity index (χ2v) is 7.48. The Balaban J connectivity index is 1.52. The average molecular weight is 380 g/mol. The number of aromatic amines is 1. The maximum Gasteiger partial charge on any atom is 0.155 e. The first-order valence-electron chi connectivity index (χ1n) is 9.68. The van der Waals surface area contributed by atoms with Crippen LogP contribution in [0.1, 0.15) is 25.5 Å². The molecular weight excluding hydrogens is 355 g/mol. The van der Waals surface area contributed by atoms with Gasteiger partial charge >= 0.3 is 0 Å². The van der Waals surface area contributed by atoms with Gasteiger partial charge in [-0.3, -0.25) is 15.0 Å². The molecule has 2 aromatic heterocycles. The van der Waals surface area contributed by atoms with Crippen LogP contribution in [0, 0.1) is 11.7 Å². The number of rotatable bonds is 5. The Morgan fingerprint density at radius 2 is 1.71 bits per heavy atom. The molecule has 0 amide bonds. The van der Waals surface area contributed by atoms with Gasteiger partial charge in [-0.25, -0.2) is 9.37 Å². The predicted molar refractivity (Wildman–Crippen MR) is 107 cm³/mol. The number of hydrogen-bond acceptors (Lipinski definition) is 5. The number of aromatic nitrogens is 4. The van der Waals surface area contributed by atoms with E-state index in [-0.39, 0.29) is 5.82 Å². The Hall–Kier alpha value is -2.80. The largest absolute Gasteiger partial charge is 0.352 e. The Morgan fingerprint density at radius 3 is 2.36 bits per heavy atom. The van der Waals surface area contributed by atoms with E-state index in [1.807, 2.05) is 12.4 Å². The van der Waals surface area contributed by atoms with Gasteiger partial charge in [-0.2, -0.15) is 5.10 Å². The lowest BCUT2D eigenvalue weighted by atomic mass is 9.96. The van der Waals surface area contributed by atoms with Crippen LogP contribution in [0.4, 0.5) is 10.2 Å². The van der Waals surface area contributed by atoms with E-state index in [2.05, 4.69) is 43.8 Å². The van der Waals surface area contributed by atoms with Gasteiger partial charge < -0.3 is 4.90 Å². The molecule has 1 fully saturated rings. The Bertz CT molecular complexity index is 886. The summed E-state index contributed by atoms with van der Waals surface area (Å²) in [7, 11) is 0. The standard InChI is InChI=1S/C21H25FN6/c1-15(2)20(17-13-25-26-14-17)27-9-11-28(12-10-27)21-19(23-7-8-24-21)16-3-5-18(22)6-4-16/h3-8,13-15,20H,9-12H2,1-2H3,(H,25,26). The molecule has 0 spiro atoms. The lowest BCUT2D eigenvalue weighted by Crippen LogP contribution is -2.49. The zero-order valence-corrected chi connectivity index (χ0v) is 16.2. The average Bonchev–Trinajstić information content (AvgIpc) is 3.23. The van der Waals surface area contributed by atoms with Crippen LogP contribution in [0.3, 0.4) is 0 Å². The van der Waals surface area contributed by atoms with E-state index in [0.29, 0.717) is 12.0 Å². The van der Waals surface area contributed by atoms with Gasteiger partial charge in [0.25, 0.3) is 0 Å². The van der Waals surface area contributed by atoms with Gasteiger partial charge in [0.1, 0.15) is 11.5 Å². The molecule has 0 radical (unpaired) electrons. The van der Waals surface area contributed by atoms with Crippen LogP contribution in [0.2, 0.25) is 0 Å². The molecule has 28 heavy (non-hydrogen) atoms. The Kier molecular flexibility index (Phi) is 5.34. The van der Waals surface area contributed by atoms with Crippen molar-refractivity contribution in [2.24, 2.45) is 5.92 Å². The van der Waals surface area contributed by atoms with E-state index in [4.69, 9.17) is 0 Å². The number of anilines is 1. The molecule has 146 valence electrons. The summed E-state index contributed by atoms with van der Waals surface area (Å²) in [6, 6.07) is 6.78. The normalized spacial score (nSPS) is 16.5. The van der Waals surface area contributed by atoms with Crippen LogP contribution >= 0.6 is 0 Å². The molecule has 6 nitrogen and oxygen atoms in total. The number of benzene rings is 1. The molecule has 3 heterocycles. The van der Waals surface area contributed by atoms with Crippen molar-refractivity contribution in [3.05, 3.63) is 60.4 Å². The molecule has 1 aliphatic rings. The summed E-state index contributed by atoms with van der Waals surface area (Å²) in [5.74, 6) is 1.11. The third kappa shape index (κ3) is 3.75. The van der Waals surface area contributed by atoms with Crippen molar-refractivity contribution in [3.63, 3.8) is 0 Å². The number of hydrogen-bond donors (Lipinski definition) is 1. The molecule has 1 unspecified atom stereocenters. The van der Waals surface area contributed by atoms with Crippen LogP contribution < -0.4 is 4.90 Å². The molecule has 1 atom stereocenters. The van der Waals surface area contributed by atoms with Crippen LogP contribution in [-0.2, 0) is 0 Å². The molecule has 1 aliphatic heterocycles. The van der Waals surface area contributed by atoms with Crippen molar-refractivity contribution < 1.29 is 4.39 Å². The summed E-state index contributed by atoms with van der Waals surface area (Å²) < 4.78 is 13.3. The molecule has 0 aliphatic carbocycles. The summed E-state index contributed by atoms with van der Waals surface area (Å²) in [5.41, 5.74) is 2.91. The van der Waals surface area contributed by atoms with E-state index in [1.165, 1.54) is 17.7 Å². The molecular formula is C21H25FN6. The minimum Gasteiger partial charge on any atom is -0.352 e.